The molecule has 0 saturated carbocycles. The van der Waals surface area contributed by atoms with Crippen molar-refractivity contribution in [2.24, 2.45) is 0 Å². The van der Waals surface area contributed by atoms with Gasteiger partial charge in [-0.1, -0.05) is 36.4 Å². The highest BCUT2D eigenvalue weighted by atomic mass is 16.6. The Labute approximate surface area is 217 Å². The second-order valence-electron chi connectivity index (χ2n) is 10.4. The van der Waals surface area contributed by atoms with Crippen molar-refractivity contribution in [3.63, 3.8) is 0 Å². The number of nitrogens with zero attached hydrogens (tertiary/aromatic N) is 4. The number of rotatable bonds is 6. The second kappa shape index (κ2) is 10.4. The number of amides is 1. The van der Waals surface area contributed by atoms with Gasteiger partial charge in [-0.25, -0.2) is 9.78 Å². The fourth-order valence-corrected chi connectivity index (χ4v) is 4.89. The first-order valence-electron chi connectivity index (χ1n) is 13.0. The van der Waals surface area contributed by atoms with Gasteiger partial charge in [0.2, 0.25) is 5.95 Å². The van der Waals surface area contributed by atoms with Crippen LogP contribution in [0.3, 0.4) is 0 Å². The lowest BCUT2D eigenvalue weighted by Gasteiger charge is -2.34. The molecule has 1 unspecified atom stereocenters. The van der Waals surface area contributed by atoms with E-state index in [-0.39, 0.29) is 12.1 Å². The van der Waals surface area contributed by atoms with Crippen LogP contribution in [0.2, 0.25) is 0 Å². The van der Waals surface area contributed by atoms with Crippen LogP contribution in [0.25, 0.3) is 21.9 Å². The summed E-state index contributed by atoms with van der Waals surface area (Å²) in [5, 5.41) is 4.74. The number of likely N-dealkylation sites (tertiary alicyclic amines) is 1. The summed E-state index contributed by atoms with van der Waals surface area (Å²) >= 11 is 0. The summed E-state index contributed by atoms with van der Waals surface area (Å²) in [6.07, 6.45) is 2.77. The van der Waals surface area contributed by atoms with E-state index >= 15 is 0 Å². The van der Waals surface area contributed by atoms with E-state index in [1.54, 1.807) is 4.90 Å². The zero-order valence-electron chi connectivity index (χ0n) is 22.0. The van der Waals surface area contributed by atoms with Crippen molar-refractivity contribution in [3.05, 3.63) is 66.4 Å². The average Bonchev–Trinajstić information content (AvgIpc) is 3.24. The molecule has 8 heteroatoms. The summed E-state index contributed by atoms with van der Waals surface area (Å²) < 4.78 is 14.1. The number of benzene rings is 2. The number of pyridine rings is 1. The molecule has 194 valence electrons. The summed E-state index contributed by atoms with van der Waals surface area (Å²) in [6, 6.07) is 18.5. The van der Waals surface area contributed by atoms with Gasteiger partial charge in [0.1, 0.15) is 5.60 Å². The molecule has 2 aromatic carbocycles. The monoisotopic (exact) mass is 501 g/mol. The fourth-order valence-electron chi connectivity index (χ4n) is 4.89. The maximum absolute atomic E-state index is 12.5. The van der Waals surface area contributed by atoms with Gasteiger partial charge in [-0.2, -0.15) is 0 Å². The van der Waals surface area contributed by atoms with Crippen molar-refractivity contribution < 1.29 is 14.3 Å². The van der Waals surface area contributed by atoms with Gasteiger partial charge in [0.25, 0.3) is 0 Å². The summed E-state index contributed by atoms with van der Waals surface area (Å²) in [5.41, 5.74) is 3.29. The molecular formula is C29H35N5O3. The summed E-state index contributed by atoms with van der Waals surface area (Å²) in [6.45, 7) is 9.49. The van der Waals surface area contributed by atoms with Crippen LogP contribution in [-0.2, 0) is 9.47 Å². The van der Waals surface area contributed by atoms with E-state index in [9.17, 15) is 4.79 Å². The number of carbonyl (C=O) groups excluding carboxylic acids is 1. The molecule has 8 nitrogen and oxygen atoms in total. The Morgan fingerprint density at radius 2 is 1.84 bits per heavy atom. The third-order valence-corrected chi connectivity index (χ3v) is 6.56. The Bertz CT molecular complexity index is 1380. The quantitative estimate of drug-likeness (QED) is 0.350. The van der Waals surface area contributed by atoms with Gasteiger partial charge in [-0.05, 0) is 58.7 Å². The molecule has 0 aliphatic carbocycles. The Hall–Kier alpha value is -3.65. The van der Waals surface area contributed by atoms with E-state index in [4.69, 9.17) is 14.5 Å². The van der Waals surface area contributed by atoms with Crippen molar-refractivity contribution in [1.82, 2.24) is 19.4 Å². The lowest BCUT2D eigenvalue weighted by Crippen LogP contribution is -2.44. The molecule has 0 radical (unpaired) electrons. The highest BCUT2D eigenvalue weighted by Crippen LogP contribution is 2.33. The molecule has 1 amide bonds. The van der Waals surface area contributed by atoms with Crippen molar-refractivity contribution in [2.45, 2.75) is 58.4 Å². The molecular weight excluding hydrogens is 466 g/mol. The number of nitrogens with one attached hydrogen (secondary N) is 1. The maximum Gasteiger partial charge on any atom is 0.410 e. The van der Waals surface area contributed by atoms with Crippen molar-refractivity contribution >= 4 is 34.0 Å². The third-order valence-electron chi connectivity index (χ3n) is 6.56. The molecule has 3 heterocycles. The van der Waals surface area contributed by atoms with Crippen molar-refractivity contribution in [3.8, 4) is 0 Å². The molecule has 1 N–H and O–H groups in total. The smallest absolute Gasteiger partial charge is 0.410 e. The first kappa shape index (κ1) is 25.0. The Morgan fingerprint density at radius 3 is 2.59 bits per heavy atom. The summed E-state index contributed by atoms with van der Waals surface area (Å²) in [4.78, 5) is 24.0. The maximum atomic E-state index is 12.5. The van der Waals surface area contributed by atoms with Crippen LogP contribution in [-0.4, -0.2) is 56.9 Å². The SMILES string of the molecule is CCOC(c1cccc2cccnc12)n1c(NC2CCN(C(=O)OC(C)(C)C)CC2)nc2ccccc21. The number of hydrogen-bond donors (Lipinski definition) is 1. The normalized spacial score (nSPS) is 15.7. The van der Waals surface area contributed by atoms with Crippen LogP contribution in [0, 0.1) is 0 Å². The first-order valence-corrected chi connectivity index (χ1v) is 13.0. The minimum absolute atomic E-state index is 0.169. The van der Waals surface area contributed by atoms with Crippen LogP contribution in [0.15, 0.2) is 60.8 Å². The Balaban J connectivity index is 1.46. The molecule has 37 heavy (non-hydrogen) atoms. The molecule has 1 aliphatic rings. The predicted octanol–water partition coefficient (Wildman–Crippen LogP) is 5.98. The lowest BCUT2D eigenvalue weighted by molar-refractivity contribution is 0.0210. The standard InChI is InChI=1S/C29H35N5O3/c1-5-36-26(22-12-8-10-20-11-9-17-30-25(20)22)34-24-14-7-6-13-23(24)32-27(34)31-21-15-18-33(19-16-21)28(35)37-29(2,3)4/h6-14,17,21,26H,5,15-16,18-19H2,1-4H3,(H,31,32). The second-order valence-corrected chi connectivity index (χ2v) is 10.4. The zero-order chi connectivity index (χ0) is 26.0. The van der Waals surface area contributed by atoms with Gasteiger partial charge in [-0.3, -0.25) is 9.55 Å². The molecule has 2 aromatic heterocycles. The number of ether oxygens (including phenoxy) is 2. The predicted molar refractivity (Wildman–Crippen MR) is 146 cm³/mol. The van der Waals surface area contributed by atoms with E-state index < -0.39 is 11.8 Å². The topological polar surface area (TPSA) is 81.5 Å². The molecule has 1 aliphatic heterocycles. The van der Waals surface area contributed by atoms with Gasteiger partial charge in [0.05, 0.1) is 16.6 Å². The molecule has 1 saturated heterocycles. The number of para-hydroxylation sites is 3. The van der Waals surface area contributed by atoms with Gasteiger partial charge < -0.3 is 19.7 Å². The minimum atomic E-state index is -0.498. The van der Waals surface area contributed by atoms with Crippen molar-refractivity contribution in [2.75, 3.05) is 25.0 Å². The van der Waals surface area contributed by atoms with Gasteiger partial charge in [-0.15, -0.1) is 0 Å². The van der Waals surface area contributed by atoms with Crippen LogP contribution < -0.4 is 5.32 Å². The average molecular weight is 502 g/mol. The number of fused-ring (bicyclic) bond motifs is 2. The minimum Gasteiger partial charge on any atom is -0.444 e. The number of aromatic nitrogens is 3. The van der Waals surface area contributed by atoms with Gasteiger partial charge >= 0.3 is 6.09 Å². The van der Waals surface area contributed by atoms with Crippen molar-refractivity contribution in [1.29, 1.82) is 0 Å². The van der Waals surface area contributed by atoms with Gasteiger partial charge in [0, 0.05) is 42.9 Å². The number of carbonyl (C=O) groups is 1. The molecule has 0 bridgehead atoms. The largest absolute Gasteiger partial charge is 0.444 e. The van der Waals surface area contributed by atoms with Gasteiger partial charge in [0.15, 0.2) is 6.23 Å². The number of piperidine rings is 1. The summed E-state index contributed by atoms with van der Waals surface area (Å²) in [7, 11) is 0. The van der Waals surface area contributed by atoms with E-state index in [2.05, 4.69) is 39.1 Å². The molecule has 1 atom stereocenters. The van der Waals surface area contributed by atoms with E-state index in [0.717, 1.165) is 46.3 Å². The third kappa shape index (κ3) is 5.39. The van der Waals surface area contributed by atoms with Crippen LogP contribution in [0.1, 0.15) is 52.3 Å². The van der Waals surface area contributed by atoms with Crippen LogP contribution in [0.4, 0.5) is 10.7 Å². The Morgan fingerprint density at radius 1 is 1.08 bits per heavy atom. The van der Waals surface area contributed by atoms with E-state index in [0.29, 0.717) is 19.7 Å². The lowest BCUT2D eigenvalue weighted by atomic mass is 10.1. The Kier molecular flexibility index (Phi) is 7.02. The molecule has 5 rings (SSSR count). The van der Waals surface area contributed by atoms with E-state index in [1.165, 1.54) is 0 Å². The summed E-state index contributed by atoms with van der Waals surface area (Å²) in [5.74, 6) is 0.753. The van der Waals surface area contributed by atoms with Crippen LogP contribution in [0.5, 0.6) is 0 Å². The number of hydrogen-bond acceptors (Lipinski definition) is 6. The fraction of sp³-hybridized carbons (Fsp3) is 0.414. The first-order chi connectivity index (χ1) is 17.8. The zero-order valence-corrected chi connectivity index (χ0v) is 22.0. The number of anilines is 1. The molecule has 0 spiro atoms. The molecule has 4 aromatic rings. The highest BCUT2D eigenvalue weighted by molar-refractivity contribution is 5.83. The number of imidazole rings is 1. The highest BCUT2D eigenvalue weighted by Gasteiger charge is 2.29. The van der Waals surface area contributed by atoms with Crippen LogP contribution >= 0.6 is 0 Å². The van der Waals surface area contributed by atoms with E-state index in [1.807, 2.05) is 64.2 Å². The molecule has 1 fully saturated rings.